The first kappa shape index (κ1) is 16.9. The van der Waals surface area contributed by atoms with E-state index in [4.69, 9.17) is 5.73 Å². The minimum absolute atomic E-state index is 0.102. The van der Waals surface area contributed by atoms with Crippen LogP contribution >= 0.6 is 0 Å². The van der Waals surface area contributed by atoms with Crippen LogP contribution in [0.3, 0.4) is 0 Å². The van der Waals surface area contributed by atoms with E-state index in [0.717, 1.165) is 17.6 Å². The molecule has 0 fully saturated rings. The molecular weight excluding hydrogens is 317 g/mol. The van der Waals surface area contributed by atoms with Crippen LogP contribution in [0.1, 0.15) is 35.3 Å². The first-order chi connectivity index (χ1) is 12.0. The number of rotatable bonds is 4. The summed E-state index contributed by atoms with van der Waals surface area (Å²) in [6.07, 6.45) is 8.33. The molecule has 0 bridgehead atoms. The van der Waals surface area contributed by atoms with Gasteiger partial charge in [-0.15, -0.1) is 0 Å². The number of nitrogen functional groups attached to an aromatic ring is 1. The number of nitrogens with one attached hydrogen (secondary N) is 1. The molecule has 1 aliphatic carbocycles. The summed E-state index contributed by atoms with van der Waals surface area (Å²) in [7, 11) is 0. The minimum Gasteiger partial charge on any atom is -0.397 e. The molecule has 3 N–H and O–H groups in total. The van der Waals surface area contributed by atoms with Gasteiger partial charge in [-0.25, -0.2) is 9.37 Å². The highest BCUT2D eigenvalue weighted by Crippen LogP contribution is 2.28. The second kappa shape index (κ2) is 7.30. The largest absolute Gasteiger partial charge is 0.397 e. The van der Waals surface area contributed by atoms with Crippen LogP contribution in [0.5, 0.6) is 0 Å². The van der Waals surface area contributed by atoms with Crippen LogP contribution in [0.4, 0.5) is 10.1 Å². The van der Waals surface area contributed by atoms with Crippen molar-refractivity contribution in [2.45, 2.75) is 25.3 Å². The lowest BCUT2D eigenvalue weighted by Gasteiger charge is -2.22. The molecule has 1 unspecified atom stereocenters. The molecule has 0 radical (unpaired) electrons. The van der Waals surface area contributed by atoms with Gasteiger partial charge in [-0.05, 0) is 41.8 Å². The van der Waals surface area contributed by atoms with Crippen molar-refractivity contribution in [3.63, 3.8) is 0 Å². The number of hydrogen-bond acceptors (Lipinski definition) is 3. The van der Waals surface area contributed by atoms with Crippen molar-refractivity contribution >= 4 is 11.6 Å². The number of carbonyl (C=O) groups excluding carboxylic acids is 1. The lowest BCUT2D eigenvalue weighted by atomic mass is 9.88. The molecule has 4 nitrogen and oxygen atoms in total. The van der Waals surface area contributed by atoms with E-state index in [1.54, 1.807) is 24.3 Å². The SMILES string of the molecule is C[C@H](C1=CC(NC(=O)c2ccc(N)cn2)CC=C1)c1ccc(F)cc1. The summed E-state index contributed by atoms with van der Waals surface area (Å²) >= 11 is 0. The van der Waals surface area contributed by atoms with Crippen molar-refractivity contribution in [3.8, 4) is 0 Å². The number of halogens is 1. The Kier molecular flexibility index (Phi) is 4.93. The normalized spacial score (nSPS) is 17.7. The Morgan fingerprint density at radius 1 is 1.28 bits per heavy atom. The van der Waals surface area contributed by atoms with Gasteiger partial charge in [0.05, 0.1) is 17.9 Å². The average Bonchev–Trinajstić information content (AvgIpc) is 2.62. The van der Waals surface area contributed by atoms with Crippen molar-refractivity contribution in [3.05, 3.63) is 83.5 Å². The van der Waals surface area contributed by atoms with Crippen molar-refractivity contribution < 1.29 is 9.18 Å². The summed E-state index contributed by atoms with van der Waals surface area (Å²) in [4.78, 5) is 16.3. The smallest absolute Gasteiger partial charge is 0.270 e. The van der Waals surface area contributed by atoms with Crippen LogP contribution in [-0.4, -0.2) is 16.9 Å². The number of benzene rings is 1. The molecule has 0 aliphatic heterocycles. The second-order valence-corrected chi connectivity index (χ2v) is 6.13. The third-order valence-corrected chi connectivity index (χ3v) is 4.30. The number of nitrogens with two attached hydrogens (primary N) is 1. The Labute approximate surface area is 146 Å². The Hall–Kier alpha value is -2.95. The lowest BCUT2D eigenvalue weighted by Crippen LogP contribution is -2.34. The highest BCUT2D eigenvalue weighted by Gasteiger charge is 2.18. The average molecular weight is 337 g/mol. The van der Waals surface area contributed by atoms with Gasteiger partial charge in [0.15, 0.2) is 0 Å². The summed E-state index contributed by atoms with van der Waals surface area (Å²) in [5.74, 6) is -0.359. The van der Waals surface area contributed by atoms with E-state index < -0.39 is 0 Å². The monoisotopic (exact) mass is 337 g/mol. The second-order valence-electron chi connectivity index (χ2n) is 6.13. The Morgan fingerprint density at radius 2 is 2.04 bits per heavy atom. The fourth-order valence-corrected chi connectivity index (χ4v) is 2.82. The fraction of sp³-hybridized carbons (Fsp3) is 0.200. The maximum Gasteiger partial charge on any atom is 0.270 e. The third-order valence-electron chi connectivity index (χ3n) is 4.30. The lowest BCUT2D eigenvalue weighted by molar-refractivity contribution is 0.0939. The van der Waals surface area contributed by atoms with Crippen LogP contribution in [0.25, 0.3) is 0 Å². The van der Waals surface area contributed by atoms with Crippen LogP contribution in [0, 0.1) is 5.82 Å². The van der Waals surface area contributed by atoms with Crippen LogP contribution in [0.2, 0.25) is 0 Å². The summed E-state index contributed by atoms with van der Waals surface area (Å²) in [6.45, 7) is 2.06. The number of carbonyl (C=O) groups is 1. The molecule has 0 saturated heterocycles. The van der Waals surface area contributed by atoms with E-state index in [9.17, 15) is 9.18 Å². The van der Waals surface area contributed by atoms with E-state index >= 15 is 0 Å². The Bertz CT molecular complexity index is 810. The van der Waals surface area contributed by atoms with E-state index in [1.165, 1.54) is 18.3 Å². The van der Waals surface area contributed by atoms with E-state index in [0.29, 0.717) is 11.4 Å². The predicted octanol–water partition coefficient (Wildman–Crippen LogP) is 3.59. The summed E-state index contributed by atoms with van der Waals surface area (Å²) in [5.41, 5.74) is 8.57. The molecule has 0 spiro atoms. The third kappa shape index (κ3) is 4.12. The van der Waals surface area contributed by atoms with E-state index in [1.807, 2.05) is 12.2 Å². The van der Waals surface area contributed by atoms with Gasteiger partial charge in [-0.2, -0.15) is 0 Å². The zero-order valence-corrected chi connectivity index (χ0v) is 13.9. The molecule has 3 rings (SSSR count). The van der Waals surface area contributed by atoms with Crippen molar-refractivity contribution in [2.75, 3.05) is 5.73 Å². The Balaban J connectivity index is 1.71. The maximum absolute atomic E-state index is 13.1. The first-order valence-corrected chi connectivity index (χ1v) is 8.19. The molecule has 1 aliphatic rings. The van der Waals surface area contributed by atoms with Gasteiger partial charge in [0.1, 0.15) is 11.5 Å². The van der Waals surface area contributed by atoms with Crippen LogP contribution in [0.15, 0.2) is 66.4 Å². The number of aromatic nitrogens is 1. The summed E-state index contributed by atoms with van der Waals surface area (Å²) in [6, 6.07) is 9.66. The molecular formula is C20H20FN3O. The molecule has 1 aromatic carbocycles. The molecule has 0 saturated carbocycles. The number of nitrogens with zero attached hydrogens (tertiary/aromatic N) is 1. The number of hydrogen-bond donors (Lipinski definition) is 2. The quantitative estimate of drug-likeness (QED) is 0.896. The molecule has 1 amide bonds. The molecule has 1 heterocycles. The molecule has 2 aromatic rings. The van der Waals surface area contributed by atoms with Gasteiger partial charge < -0.3 is 11.1 Å². The molecule has 128 valence electrons. The van der Waals surface area contributed by atoms with Crippen molar-refractivity contribution in [2.24, 2.45) is 0 Å². The molecule has 25 heavy (non-hydrogen) atoms. The van der Waals surface area contributed by atoms with Crippen LogP contribution in [-0.2, 0) is 0 Å². The number of amides is 1. The molecule has 5 heteroatoms. The van der Waals surface area contributed by atoms with Gasteiger partial charge in [-0.1, -0.05) is 37.3 Å². The van der Waals surface area contributed by atoms with Gasteiger partial charge in [0.2, 0.25) is 0 Å². The van der Waals surface area contributed by atoms with Gasteiger partial charge >= 0.3 is 0 Å². The standard InChI is InChI=1S/C20H20FN3O/c1-13(14-5-7-16(21)8-6-14)15-3-2-4-18(11-15)24-20(25)19-10-9-17(22)12-23-19/h2-3,5-13,18H,4,22H2,1H3,(H,24,25)/t13-,18?/m0/s1. The highest BCUT2D eigenvalue weighted by atomic mass is 19.1. The highest BCUT2D eigenvalue weighted by molar-refractivity contribution is 5.92. The van der Waals surface area contributed by atoms with Gasteiger partial charge in [0.25, 0.3) is 5.91 Å². The summed E-state index contributed by atoms with van der Waals surface area (Å²) < 4.78 is 13.1. The molecule has 2 atom stereocenters. The summed E-state index contributed by atoms with van der Waals surface area (Å²) in [5, 5.41) is 2.97. The van der Waals surface area contributed by atoms with E-state index in [2.05, 4.69) is 23.3 Å². The van der Waals surface area contributed by atoms with Crippen molar-refractivity contribution in [1.29, 1.82) is 0 Å². The fourth-order valence-electron chi connectivity index (χ4n) is 2.82. The maximum atomic E-state index is 13.1. The van der Waals surface area contributed by atoms with Crippen LogP contribution < -0.4 is 11.1 Å². The number of anilines is 1. The van der Waals surface area contributed by atoms with E-state index in [-0.39, 0.29) is 23.7 Å². The zero-order chi connectivity index (χ0) is 17.8. The van der Waals surface area contributed by atoms with Crippen molar-refractivity contribution in [1.82, 2.24) is 10.3 Å². The van der Waals surface area contributed by atoms with Gasteiger partial charge in [-0.3, -0.25) is 4.79 Å². The molecule has 1 aromatic heterocycles. The minimum atomic E-state index is -0.245. The first-order valence-electron chi connectivity index (χ1n) is 8.19. The van der Waals surface area contributed by atoms with Gasteiger partial charge in [0, 0.05) is 5.92 Å². The topological polar surface area (TPSA) is 68.0 Å². The number of allylic oxidation sites excluding steroid dienone is 2. The zero-order valence-electron chi connectivity index (χ0n) is 13.9. The predicted molar refractivity (Wildman–Crippen MR) is 96.6 cm³/mol. The Morgan fingerprint density at radius 3 is 2.72 bits per heavy atom. The number of pyridine rings is 1.